The minimum absolute atomic E-state index is 0.175. The van der Waals surface area contributed by atoms with Gasteiger partial charge >= 0.3 is 0 Å². The van der Waals surface area contributed by atoms with Crippen LogP contribution in [-0.2, 0) is 18.6 Å². The zero-order valence-corrected chi connectivity index (χ0v) is 15.8. The lowest BCUT2D eigenvalue weighted by Gasteiger charge is -2.40. The fraction of sp³-hybridized carbons (Fsp3) is 0.500. The highest BCUT2D eigenvalue weighted by Gasteiger charge is 2.49. The van der Waals surface area contributed by atoms with Gasteiger partial charge in [-0.15, -0.1) is 0 Å². The number of nitrogens with zero attached hydrogens (tertiary/aromatic N) is 1. The van der Waals surface area contributed by atoms with Crippen molar-refractivity contribution < 1.29 is 9.50 Å². The van der Waals surface area contributed by atoms with E-state index in [0.29, 0.717) is 11.8 Å². The van der Waals surface area contributed by atoms with Gasteiger partial charge in [-0.1, -0.05) is 30.3 Å². The van der Waals surface area contributed by atoms with Crippen LogP contribution in [0, 0.1) is 11.7 Å². The second-order valence-corrected chi connectivity index (χ2v) is 8.77. The van der Waals surface area contributed by atoms with Crippen molar-refractivity contribution in [3.8, 4) is 0 Å². The van der Waals surface area contributed by atoms with Gasteiger partial charge in [0.05, 0.1) is 5.60 Å². The van der Waals surface area contributed by atoms with Gasteiger partial charge in [-0.2, -0.15) is 0 Å². The summed E-state index contributed by atoms with van der Waals surface area (Å²) in [7, 11) is 0. The molecule has 2 unspecified atom stereocenters. The third-order valence-corrected chi connectivity index (χ3v) is 7.21. The topological polar surface area (TPSA) is 23.5 Å². The number of rotatable bonds is 3. The predicted octanol–water partition coefficient (Wildman–Crippen LogP) is 4.75. The summed E-state index contributed by atoms with van der Waals surface area (Å²) in [6.45, 7) is 2.88. The normalized spacial score (nSPS) is 28.3. The molecule has 0 bridgehead atoms. The lowest BCUT2D eigenvalue weighted by atomic mass is 9.76. The molecule has 0 amide bonds. The summed E-state index contributed by atoms with van der Waals surface area (Å²) < 4.78 is 13.1. The van der Waals surface area contributed by atoms with Crippen molar-refractivity contribution in [3.63, 3.8) is 0 Å². The van der Waals surface area contributed by atoms with Crippen LogP contribution in [0.5, 0.6) is 0 Å². The Morgan fingerprint density at radius 1 is 1.04 bits per heavy atom. The first-order chi connectivity index (χ1) is 13.1. The van der Waals surface area contributed by atoms with Crippen LogP contribution in [-0.4, -0.2) is 23.1 Å². The Morgan fingerprint density at radius 2 is 1.81 bits per heavy atom. The fourth-order valence-electron chi connectivity index (χ4n) is 5.87. The number of piperidine rings is 1. The number of likely N-dealkylation sites (tertiary alicyclic amines) is 1. The Bertz CT molecular complexity index is 825. The van der Waals surface area contributed by atoms with Gasteiger partial charge in [0.25, 0.3) is 0 Å². The van der Waals surface area contributed by atoms with Gasteiger partial charge in [-0.3, -0.25) is 4.90 Å². The molecule has 0 saturated carbocycles. The molecular weight excluding hydrogens is 337 g/mol. The van der Waals surface area contributed by atoms with E-state index in [9.17, 15) is 9.50 Å². The average Bonchev–Trinajstić information content (AvgIpc) is 3.00. The molecule has 0 radical (unpaired) electrons. The molecule has 2 atom stereocenters. The van der Waals surface area contributed by atoms with Gasteiger partial charge in [0.15, 0.2) is 0 Å². The maximum atomic E-state index is 13.1. The number of aliphatic hydroxyl groups is 1. The van der Waals surface area contributed by atoms with Crippen molar-refractivity contribution in [2.24, 2.45) is 5.92 Å². The third kappa shape index (κ3) is 3.01. The molecule has 1 saturated heterocycles. The number of hydrogen-bond acceptors (Lipinski definition) is 2. The first-order valence-electron chi connectivity index (χ1n) is 10.4. The van der Waals surface area contributed by atoms with E-state index in [2.05, 4.69) is 23.1 Å². The number of aryl methyl sites for hydroxylation is 1. The summed E-state index contributed by atoms with van der Waals surface area (Å²) in [4.78, 5) is 2.44. The number of halogens is 1. The maximum Gasteiger partial charge on any atom is 0.123 e. The maximum absolute atomic E-state index is 13.1. The standard InChI is InChI=1S/C24H28FNO/c25-21-9-7-17(8-10-21)16-26-13-11-20(12-14-26)24(27)15-19-5-1-3-18-4-2-6-22(24)23(18)19/h2,4,6-10,19-20,27H,1,3,5,11-16H2. The molecule has 1 fully saturated rings. The molecule has 2 aromatic carbocycles. The van der Waals surface area contributed by atoms with Gasteiger partial charge in [-0.25, -0.2) is 4.39 Å². The molecule has 1 heterocycles. The van der Waals surface area contributed by atoms with Gasteiger partial charge in [0.2, 0.25) is 0 Å². The largest absolute Gasteiger partial charge is 0.385 e. The van der Waals surface area contributed by atoms with Crippen LogP contribution in [0.4, 0.5) is 4.39 Å². The van der Waals surface area contributed by atoms with Crippen LogP contribution in [0.15, 0.2) is 42.5 Å². The second kappa shape index (κ2) is 6.72. The van der Waals surface area contributed by atoms with Crippen molar-refractivity contribution >= 4 is 0 Å². The van der Waals surface area contributed by atoms with E-state index in [4.69, 9.17) is 0 Å². The molecular formula is C24H28FNO. The van der Waals surface area contributed by atoms with Crippen LogP contribution in [0.1, 0.15) is 60.3 Å². The smallest absolute Gasteiger partial charge is 0.123 e. The van der Waals surface area contributed by atoms with Gasteiger partial charge in [0, 0.05) is 6.54 Å². The third-order valence-electron chi connectivity index (χ3n) is 7.21. The van der Waals surface area contributed by atoms with Crippen LogP contribution in [0.2, 0.25) is 0 Å². The molecule has 3 heteroatoms. The highest BCUT2D eigenvalue weighted by atomic mass is 19.1. The van der Waals surface area contributed by atoms with E-state index in [1.54, 1.807) is 12.1 Å². The van der Waals surface area contributed by atoms with Crippen LogP contribution in [0.3, 0.4) is 0 Å². The van der Waals surface area contributed by atoms with E-state index < -0.39 is 5.60 Å². The Labute approximate surface area is 161 Å². The first-order valence-corrected chi connectivity index (χ1v) is 10.4. The summed E-state index contributed by atoms with van der Waals surface area (Å²) >= 11 is 0. The summed E-state index contributed by atoms with van der Waals surface area (Å²) in [5.41, 5.74) is 4.73. The molecule has 3 aliphatic rings. The average molecular weight is 365 g/mol. The Morgan fingerprint density at radius 3 is 2.59 bits per heavy atom. The minimum Gasteiger partial charge on any atom is -0.385 e. The summed E-state index contributed by atoms with van der Waals surface area (Å²) in [6, 6.07) is 13.4. The Balaban J connectivity index is 1.30. The van der Waals surface area contributed by atoms with Gasteiger partial charge in [0.1, 0.15) is 5.82 Å². The number of benzene rings is 2. The van der Waals surface area contributed by atoms with Crippen molar-refractivity contribution in [2.45, 2.75) is 56.6 Å². The van der Waals surface area contributed by atoms with Crippen molar-refractivity contribution in [2.75, 3.05) is 13.1 Å². The predicted molar refractivity (Wildman–Crippen MR) is 105 cm³/mol. The van der Waals surface area contributed by atoms with E-state index in [1.807, 2.05) is 12.1 Å². The molecule has 2 nitrogen and oxygen atoms in total. The van der Waals surface area contributed by atoms with Crippen LogP contribution >= 0.6 is 0 Å². The molecule has 142 valence electrons. The van der Waals surface area contributed by atoms with E-state index >= 15 is 0 Å². The summed E-state index contributed by atoms with van der Waals surface area (Å²) in [5.74, 6) is 0.733. The summed E-state index contributed by atoms with van der Waals surface area (Å²) in [5, 5.41) is 11.8. The summed E-state index contributed by atoms with van der Waals surface area (Å²) in [6.07, 6.45) is 6.65. The van der Waals surface area contributed by atoms with Crippen molar-refractivity contribution in [3.05, 3.63) is 70.5 Å². The molecule has 27 heavy (non-hydrogen) atoms. The molecule has 2 aliphatic carbocycles. The van der Waals surface area contributed by atoms with Crippen LogP contribution < -0.4 is 0 Å². The SMILES string of the molecule is OC1(C2CCN(Cc3ccc(F)cc3)CC2)CC2CCCc3cccc1c32. The highest BCUT2D eigenvalue weighted by Crippen LogP contribution is 2.55. The fourth-order valence-corrected chi connectivity index (χ4v) is 5.87. The molecule has 1 aliphatic heterocycles. The lowest BCUT2D eigenvalue weighted by molar-refractivity contribution is -0.0516. The highest BCUT2D eigenvalue weighted by molar-refractivity contribution is 5.47. The molecule has 5 rings (SSSR count). The molecule has 0 spiro atoms. The second-order valence-electron chi connectivity index (χ2n) is 8.77. The van der Waals surface area contributed by atoms with Gasteiger partial charge < -0.3 is 5.11 Å². The number of hydrogen-bond donors (Lipinski definition) is 1. The minimum atomic E-state index is -0.637. The molecule has 2 aromatic rings. The van der Waals surface area contributed by atoms with Gasteiger partial charge in [-0.05, 0) is 97.8 Å². The quantitative estimate of drug-likeness (QED) is 0.848. The Hall–Kier alpha value is -1.71. The first kappa shape index (κ1) is 17.4. The zero-order valence-electron chi connectivity index (χ0n) is 15.8. The van der Waals surface area contributed by atoms with Crippen molar-refractivity contribution in [1.29, 1.82) is 0 Å². The van der Waals surface area contributed by atoms with E-state index in [1.165, 1.54) is 36.0 Å². The lowest BCUT2D eigenvalue weighted by Crippen LogP contribution is -2.42. The van der Waals surface area contributed by atoms with E-state index in [0.717, 1.165) is 44.5 Å². The molecule has 1 N–H and O–H groups in total. The zero-order chi connectivity index (χ0) is 18.4. The monoisotopic (exact) mass is 365 g/mol. The molecule has 0 aromatic heterocycles. The van der Waals surface area contributed by atoms with Crippen LogP contribution in [0.25, 0.3) is 0 Å². The Kier molecular flexibility index (Phi) is 4.33. The van der Waals surface area contributed by atoms with E-state index in [-0.39, 0.29) is 5.82 Å². The van der Waals surface area contributed by atoms with Crippen molar-refractivity contribution in [1.82, 2.24) is 4.90 Å².